The summed E-state index contributed by atoms with van der Waals surface area (Å²) in [5, 5.41) is 108. The lowest BCUT2D eigenvalue weighted by Gasteiger charge is -2.60. The van der Waals surface area contributed by atoms with E-state index in [4.69, 9.17) is 37.9 Å². The molecule has 9 rings (SSSR count). The first-order chi connectivity index (χ1) is 29.8. The normalized spacial score (nSPS) is 58.1. The SMILES string of the molecule is C[C@@H]1CC[C@@]2(OC1)O[C@H]1C[C@H]3[C@@H]4CC=C5C[C@@H](O[C@@H]6O[C@H](CO[C@@H]7O[C@H](CO)[C@@H](O)[C@H](O)[C@H]7O)[C@@H](O)[C@H](O)[C@H]6O[C@@H]6O[C@@H](C)[C@H](O)[C@@H](O)[C@H]6O)CC[C@]5(C)[C@H]4CC[C@]3(C)[C@@]1(O)[C@@H]2C. The standard InChI is InChI=1S/C45H72O18/c1-19-8-13-44(57-17-19)21(3)45(55)29(63-44)15-26-24-7-6-22-14-23(9-11-42(22,4)25(24)10-12-43(26,45)5)59-41-38(62-40-37(54)33(50)30(47)20(2)58-40)35(52)32(49)28(61-41)18-56-39-36(53)34(51)31(48)27(16-46)60-39/h6,19-21,23-41,46-55H,7-18H2,1-5H3/t19-,20+,21-,23+,24-,25+,26+,27-,28-,29+,30+,31-,32-,33-,34+,35+,36-,37-,38-,39-,40+,41-,42+,43+,44-,45-/m1/s1. The molecule has 0 radical (unpaired) electrons. The highest BCUT2D eigenvalue weighted by molar-refractivity contribution is 5.29. The van der Waals surface area contributed by atoms with E-state index in [1.807, 2.05) is 0 Å². The smallest absolute Gasteiger partial charge is 0.187 e. The summed E-state index contributed by atoms with van der Waals surface area (Å²) in [7, 11) is 0. The first-order valence-corrected chi connectivity index (χ1v) is 23.5. The van der Waals surface area contributed by atoms with Gasteiger partial charge in [-0.2, -0.15) is 0 Å². The Morgan fingerprint density at radius 3 is 2.13 bits per heavy atom. The molecule has 5 saturated heterocycles. The van der Waals surface area contributed by atoms with Gasteiger partial charge in [-0.05, 0) is 87.4 Å². The van der Waals surface area contributed by atoms with Crippen molar-refractivity contribution >= 4 is 0 Å². The number of hydrogen-bond donors (Lipinski definition) is 10. The quantitative estimate of drug-likeness (QED) is 0.135. The van der Waals surface area contributed by atoms with Gasteiger partial charge in [0.25, 0.3) is 0 Å². The highest BCUT2D eigenvalue weighted by Gasteiger charge is 2.76. The Morgan fingerprint density at radius 1 is 0.714 bits per heavy atom. The Morgan fingerprint density at radius 2 is 1.41 bits per heavy atom. The summed E-state index contributed by atoms with van der Waals surface area (Å²) in [5.74, 6) is 0.616. The van der Waals surface area contributed by atoms with Crippen LogP contribution in [0.1, 0.15) is 92.4 Å². The molecule has 8 fully saturated rings. The third-order valence-corrected chi connectivity index (χ3v) is 17.9. The fraction of sp³-hybridized carbons (Fsp3) is 0.956. The van der Waals surface area contributed by atoms with Gasteiger partial charge < -0.3 is 89.0 Å². The van der Waals surface area contributed by atoms with Gasteiger partial charge in [0.1, 0.15) is 72.7 Å². The molecule has 10 N–H and O–H groups in total. The average Bonchev–Trinajstić information content (AvgIpc) is 3.62. The van der Waals surface area contributed by atoms with Crippen molar-refractivity contribution in [2.45, 2.75) is 208 Å². The van der Waals surface area contributed by atoms with Gasteiger partial charge in [0.15, 0.2) is 24.7 Å². The van der Waals surface area contributed by atoms with E-state index in [0.29, 0.717) is 37.2 Å². The van der Waals surface area contributed by atoms with Gasteiger partial charge in [0, 0.05) is 17.8 Å². The number of allylic oxidation sites excluding steroid dienone is 1. The van der Waals surface area contributed by atoms with E-state index in [9.17, 15) is 51.1 Å². The Labute approximate surface area is 368 Å². The number of aliphatic hydroxyl groups is 10. The highest BCUT2D eigenvalue weighted by atomic mass is 16.8. The van der Waals surface area contributed by atoms with Gasteiger partial charge in [-0.15, -0.1) is 0 Å². The number of aliphatic hydroxyl groups excluding tert-OH is 9. The minimum Gasteiger partial charge on any atom is -0.394 e. The van der Waals surface area contributed by atoms with Crippen LogP contribution < -0.4 is 0 Å². The van der Waals surface area contributed by atoms with Crippen LogP contribution >= 0.6 is 0 Å². The van der Waals surface area contributed by atoms with Crippen LogP contribution in [-0.4, -0.2) is 187 Å². The lowest BCUT2D eigenvalue weighted by molar-refractivity contribution is -0.375. The number of hydrogen-bond acceptors (Lipinski definition) is 18. The monoisotopic (exact) mass is 900 g/mol. The molecule has 1 spiro atoms. The van der Waals surface area contributed by atoms with Crippen molar-refractivity contribution in [2.24, 2.45) is 40.4 Å². The van der Waals surface area contributed by atoms with Gasteiger partial charge in [-0.25, -0.2) is 0 Å². The third kappa shape index (κ3) is 7.44. The van der Waals surface area contributed by atoms with Crippen molar-refractivity contribution in [1.29, 1.82) is 0 Å². The van der Waals surface area contributed by atoms with Crippen LogP contribution in [0.3, 0.4) is 0 Å². The molecule has 4 aliphatic carbocycles. The molecular weight excluding hydrogens is 828 g/mol. The maximum Gasteiger partial charge on any atom is 0.187 e. The Kier molecular flexibility index (Phi) is 12.9. The second-order valence-corrected chi connectivity index (χ2v) is 21.2. The van der Waals surface area contributed by atoms with Crippen molar-refractivity contribution in [3.05, 3.63) is 11.6 Å². The second-order valence-electron chi connectivity index (χ2n) is 21.2. The van der Waals surface area contributed by atoms with Gasteiger partial charge in [0.2, 0.25) is 0 Å². The van der Waals surface area contributed by atoms with Crippen LogP contribution in [-0.2, 0) is 37.9 Å². The predicted molar refractivity (Wildman–Crippen MR) is 216 cm³/mol. The number of rotatable bonds is 8. The Hall–Kier alpha value is -0.980. The van der Waals surface area contributed by atoms with Crippen molar-refractivity contribution in [3.63, 3.8) is 0 Å². The lowest BCUT2D eigenvalue weighted by atomic mass is 9.46. The van der Waals surface area contributed by atoms with Crippen molar-refractivity contribution < 1.29 is 89.0 Å². The summed E-state index contributed by atoms with van der Waals surface area (Å²) in [6.45, 7) is 9.94. The van der Waals surface area contributed by atoms with Crippen LogP contribution in [0, 0.1) is 40.4 Å². The molecule has 0 aromatic rings. The van der Waals surface area contributed by atoms with E-state index in [2.05, 4.69) is 33.8 Å². The van der Waals surface area contributed by atoms with E-state index >= 15 is 0 Å². The summed E-state index contributed by atoms with van der Waals surface area (Å²) in [6.07, 6.45) is -13.7. The number of fused-ring (bicyclic) bond motifs is 7. The predicted octanol–water partition coefficient (Wildman–Crippen LogP) is -0.671. The average molecular weight is 901 g/mol. The molecule has 0 bridgehead atoms. The Balaban J connectivity index is 0.912. The number of ether oxygens (including phenoxy) is 8. The van der Waals surface area contributed by atoms with E-state index in [0.717, 1.165) is 44.9 Å². The minimum absolute atomic E-state index is 0.130. The molecular formula is C45H72O18. The van der Waals surface area contributed by atoms with Gasteiger partial charge in [-0.3, -0.25) is 0 Å². The largest absolute Gasteiger partial charge is 0.394 e. The zero-order valence-electron chi connectivity index (χ0n) is 37.0. The molecule has 18 nitrogen and oxygen atoms in total. The van der Waals surface area contributed by atoms with Crippen molar-refractivity contribution in [3.8, 4) is 0 Å². The fourth-order valence-electron chi connectivity index (χ4n) is 13.8. The molecule has 63 heavy (non-hydrogen) atoms. The lowest BCUT2D eigenvalue weighted by Crippen LogP contribution is -2.65. The van der Waals surface area contributed by atoms with E-state index < -0.39 is 123 Å². The van der Waals surface area contributed by atoms with E-state index in [-0.39, 0.29) is 28.8 Å². The highest BCUT2D eigenvalue weighted by Crippen LogP contribution is 2.72. The van der Waals surface area contributed by atoms with Crippen LogP contribution in [0.15, 0.2) is 11.6 Å². The second kappa shape index (κ2) is 17.2. The summed E-state index contributed by atoms with van der Waals surface area (Å²) >= 11 is 0. The van der Waals surface area contributed by atoms with Crippen LogP contribution in [0.2, 0.25) is 0 Å². The summed E-state index contributed by atoms with van der Waals surface area (Å²) in [5.41, 5.74) is -0.168. The van der Waals surface area contributed by atoms with Gasteiger partial charge in [-0.1, -0.05) is 39.3 Å². The molecule has 3 saturated carbocycles. The fourth-order valence-corrected chi connectivity index (χ4v) is 13.8. The molecule has 26 atom stereocenters. The molecule has 0 unspecified atom stereocenters. The molecule has 0 aromatic carbocycles. The van der Waals surface area contributed by atoms with Gasteiger partial charge >= 0.3 is 0 Å². The molecule has 5 aliphatic heterocycles. The maximum absolute atomic E-state index is 12.8. The molecule has 18 heteroatoms. The van der Waals surface area contributed by atoms with Crippen LogP contribution in [0.25, 0.3) is 0 Å². The molecule has 5 heterocycles. The van der Waals surface area contributed by atoms with Crippen LogP contribution in [0.4, 0.5) is 0 Å². The molecule has 0 aromatic heterocycles. The summed E-state index contributed by atoms with van der Waals surface area (Å²) in [4.78, 5) is 0. The van der Waals surface area contributed by atoms with Crippen molar-refractivity contribution in [2.75, 3.05) is 19.8 Å². The zero-order valence-corrected chi connectivity index (χ0v) is 37.0. The maximum atomic E-state index is 12.8. The first kappa shape index (κ1) is 47.1. The van der Waals surface area contributed by atoms with E-state index in [1.54, 1.807) is 0 Å². The topological polar surface area (TPSA) is 276 Å². The summed E-state index contributed by atoms with van der Waals surface area (Å²) < 4.78 is 49.2. The Bertz CT molecular complexity index is 1660. The molecule has 0 amide bonds. The van der Waals surface area contributed by atoms with Gasteiger partial charge in [0.05, 0.1) is 38.1 Å². The molecule has 9 aliphatic rings. The minimum atomic E-state index is -1.72. The van der Waals surface area contributed by atoms with Crippen LogP contribution in [0.5, 0.6) is 0 Å². The summed E-state index contributed by atoms with van der Waals surface area (Å²) in [6, 6.07) is 0. The zero-order chi connectivity index (χ0) is 45.1. The molecule has 360 valence electrons. The van der Waals surface area contributed by atoms with Crippen molar-refractivity contribution in [1.82, 2.24) is 0 Å². The van der Waals surface area contributed by atoms with E-state index in [1.165, 1.54) is 12.5 Å². The third-order valence-electron chi connectivity index (χ3n) is 17.9. The first-order valence-electron chi connectivity index (χ1n) is 23.5.